The lowest BCUT2D eigenvalue weighted by Crippen LogP contribution is -2.30. The van der Waals surface area contributed by atoms with Gasteiger partial charge in [0.15, 0.2) is 0 Å². The predicted octanol–water partition coefficient (Wildman–Crippen LogP) is 3.41. The van der Waals surface area contributed by atoms with Crippen LogP contribution in [0.25, 0.3) is 0 Å². The Kier molecular flexibility index (Phi) is 2.74. The minimum absolute atomic E-state index is 0.230. The van der Waals surface area contributed by atoms with Crippen LogP contribution in [0, 0.1) is 5.41 Å². The Labute approximate surface area is 71.9 Å². The molecular weight excluding hydrogens is 223 g/mol. The van der Waals surface area contributed by atoms with Gasteiger partial charge >= 0.3 is 0 Å². The summed E-state index contributed by atoms with van der Waals surface area (Å²) in [5, 5.41) is 0. The van der Waals surface area contributed by atoms with Gasteiger partial charge in [0.2, 0.25) is 0 Å². The molecule has 0 spiro atoms. The van der Waals surface area contributed by atoms with E-state index in [1.165, 1.54) is 0 Å². The molecule has 54 valence electrons. The highest BCUT2D eigenvalue weighted by molar-refractivity contribution is 14.1. The number of hydrogen-bond donors (Lipinski definition) is 0. The topological polar surface area (TPSA) is 0 Å². The second kappa shape index (κ2) is 2.60. The van der Waals surface area contributed by atoms with Crippen LogP contribution in [-0.4, -0.2) is 3.42 Å². The van der Waals surface area contributed by atoms with Crippen molar-refractivity contribution in [3.63, 3.8) is 0 Å². The van der Waals surface area contributed by atoms with Gasteiger partial charge in [0.25, 0.3) is 0 Å². The first-order valence-electron chi connectivity index (χ1n) is 3.14. The average Bonchev–Trinajstić information content (AvgIpc) is 1.64. The zero-order valence-corrected chi connectivity index (χ0v) is 8.82. The van der Waals surface area contributed by atoms with E-state index in [1.54, 1.807) is 0 Å². The van der Waals surface area contributed by atoms with Crippen molar-refractivity contribution in [1.82, 2.24) is 0 Å². The molecule has 0 amide bonds. The Morgan fingerprint density at radius 3 is 1.56 bits per heavy atom. The summed E-state index contributed by atoms with van der Waals surface area (Å²) in [6.45, 7) is 12.6. The van der Waals surface area contributed by atoms with Crippen molar-refractivity contribution >= 4 is 22.6 Å². The fraction of sp³-hybridized carbons (Fsp3) is 0.750. The molecule has 0 nitrogen and oxygen atoms in total. The molecule has 0 aromatic rings. The smallest absolute Gasteiger partial charge is 0.0251 e. The molecule has 0 aromatic carbocycles. The molecule has 9 heavy (non-hydrogen) atoms. The van der Waals surface area contributed by atoms with Crippen molar-refractivity contribution in [2.75, 3.05) is 0 Å². The van der Waals surface area contributed by atoms with Crippen molar-refractivity contribution in [3.8, 4) is 0 Å². The molecule has 0 aliphatic rings. The third-order valence-electron chi connectivity index (χ3n) is 2.04. The minimum Gasteiger partial charge on any atom is -0.102 e. The van der Waals surface area contributed by atoms with E-state index in [0.717, 1.165) is 0 Å². The Hall–Kier alpha value is 0.470. The van der Waals surface area contributed by atoms with Crippen molar-refractivity contribution < 1.29 is 0 Å². The van der Waals surface area contributed by atoms with Crippen LogP contribution in [0.1, 0.15) is 27.7 Å². The quantitative estimate of drug-likeness (QED) is 0.393. The maximum Gasteiger partial charge on any atom is 0.0251 e. The highest BCUT2D eigenvalue weighted by Crippen LogP contribution is 2.38. The van der Waals surface area contributed by atoms with Gasteiger partial charge in [-0.2, -0.15) is 0 Å². The van der Waals surface area contributed by atoms with Gasteiger partial charge in [0.05, 0.1) is 0 Å². The Morgan fingerprint density at radius 2 is 1.56 bits per heavy atom. The van der Waals surface area contributed by atoms with Crippen LogP contribution in [-0.2, 0) is 0 Å². The number of alkyl halides is 1. The lowest BCUT2D eigenvalue weighted by molar-refractivity contribution is 0.392. The van der Waals surface area contributed by atoms with Gasteiger partial charge in [-0.15, -0.1) is 6.58 Å². The summed E-state index contributed by atoms with van der Waals surface area (Å²) < 4.78 is 0.298. The van der Waals surface area contributed by atoms with E-state index < -0.39 is 0 Å². The molecule has 0 aromatic heterocycles. The van der Waals surface area contributed by atoms with Gasteiger partial charge in [-0.3, -0.25) is 0 Å². The molecule has 0 aliphatic carbocycles. The fourth-order valence-electron chi connectivity index (χ4n) is 0.243. The molecule has 0 saturated carbocycles. The third-order valence-corrected chi connectivity index (χ3v) is 3.43. The van der Waals surface area contributed by atoms with Gasteiger partial charge in [0, 0.05) is 3.42 Å². The summed E-state index contributed by atoms with van der Waals surface area (Å²) in [4.78, 5) is 0. The molecule has 0 unspecified atom stereocenters. The maximum absolute atomic E-state index is 3.79. The van der Waals surface area contributed by atoms with Crippen LogP contribution in [0.15, 0.2) is 12.7 Å². The third kappa shape index (κ3) is 2.28. The second-order valence-corrected chi connectivity index (χ2v) is 6.10. The minimum atomic E-state index is 0.230. The van der Waals surface area contributed by atoms with Crippen LogP contribution >= 0.6 is 22.6 Å². The van der Waals surface area contributed by atoms with Gasteiger partial charge < -0.3 is 0 Å². The fourth-order valence-corrected chi connectivity index (χ4v) is 0.463. The van der Waals surface area contributed by atoms with E-state index in [9.17, 15) is 0 Å². The molecule has 0 aliphatic heterocycles. The molecule has 0 radical (unpaired) electrons. The molecule has 0 heterocycles. The van der Waals surface area contributed by atoms with E-state index in [-0.39, 0.29) is 5.41 Å². The van der Waals surface area contributed by atoms with Crippen LogP contribution in [0.4, 0.5) is 0 Å². The van der Waals surface area contributed by atoms with Crippen molar-refractivity contribution in [1.29, 1.82) is 0 Å². The first-order valence-corrected chi connectivity index (χ1v) is 4.21. The first-order chi connectivity index (χ1) is 3.81. The summed E-state index contributed by atoms with van der Waals surface area (Å²) in [5.41, 5.74) is 0.230. The van der Waals surface area contributed by atoms with E-state index in [1.807, 2.05) is 6.08 Å². The van der Waals surface area contributed by atoms with Crippen molar-refractivity contribution in [2.24, 2.45) is 5.41 Å². The first kappa shape index (κ1) is 9.47. The normalized spacial score (nSPS) is 13.4. The van der Waals surface area contributed by atoms with Gasteiger partial charge in [-0.25, -0.2) is 0 Å². The Bertz CT molecular complexity index is 106. The van der Waals surface area contributed by atoms with E-state index in [4.69, 9.17) is 0 Å². The summed E-state index contributed by atoms with van der Waals surface area (Å²) in [7, 11) is 0. The number of halogens is 1. The summed E-state index contributed by atoms with van der Waals surface area (Å²) in [6.07, 6.45) is 2.01. The molecule has 1 heteroatoms. The molecule has 0 saturated heterocycles. The van der Waals surface area contributed by atoms with Crippen LogP contribution in [0.3, 0.4) is 0 Å². The van der Waals surface area contributed by atoms with E-state index in [2.05, 4.69) is 56.9 Å². The monoisotopic (exact) mass is 238 g/mol. The van der Waals surface area contributed by atoms with Crippen LogP contribution < -0.4 is 0 Å². The van der Waals surface area contributed by atoms with Crippen molar-refractivity contribution in [2.45, 2.75) is 31.1 Å². The lowest BCUT2D eigenvalue weighted by Gasteiger charge is -2.33. The number of allylic oxidation sites excluding steroid dienone is 1. The second-order valence-electron chi connectivity index (χ2n) is 3.40. The standard InChI is InChI=1S/C8H15I/c1-6-7(2,3)8(4,5)9/h6H,1H2,2-5H3. The van der Waals surface area contributed by atoms with Crippen LogP contribution in [0.2, 0.25) is 0 Å². The number of hydrogen-bond acceptors (Lipinski definition) is 0. The highest BCUT2D eigenvalue weighted by atomic mass is 127. The largest absolute Gasteiger partial charge is 0.102 e. The molecule has 0 fully saturated rings. The summed E-state index contributed by atoms with van der Waals surface area (Å²) in [5.74, 6) is 0. The van der Waals surface area contributed by atoms with Gasteiger partial charge in [-0.05, 0) is 19.3 Å². The Morgan fingerprint density at radius 1 is 1.22 bits per heavy atom. The van der Waals surface area contributed by atoms with E-state index in [0.29, 0.717) is 3.42 Å². The Balaban J connectivity index is 4.32. The molecule has 0 rings (SSSR count). The van der Waals surface area contributed by atoms with Crippen molar-refractivity contribution in [3.05, 3.63) is 12.7 Å². The zero-order chi connectivity index (χ0) is 7.71. The molecule has 0 bridgehead atoms. The molecule has 0 atom stereocenters. The maximum atomic E-state index is 3.79. The predicted molar refractivity (Wildman–Crippen MR) is 52.1 cm³/mol. The van der Waals surface area contributed by atoms with Crippen LogP contribution in [0.5, 0.6) is 0 Å². The summed E-state index contributed by atoms with van der Waals surface area (Å²) >= 11 is 2.45. The summed E-state index contributed by atoms with van der Waals surface area (Å²) in [6, 6.07) is 0. The van der Waals surface area contributed by atoms with Gasteiger partial charge in [0.1, 0.15) is 0 Å². The van der Waals surface area contributed by atoms with E-state index >= 15 is 0 Å². The SMILES string of the molecule is C=CC(C)(C)C(C)(C)I. The molecule has 0 N–H and O–H groups in total. The average molecular weight is 238 g/mol. The number of rotatable bonds is 2. The molecular formula is C8H15I. The van der Waals surface area contributed by atoms with Gasteiger partial charge in [-0.1, -0.05) is 42.5 Å². The lowest BCUT2D eigenvalue weighted by atomic mass is 9.81. The highest BCUT2D eigenvalue weighted by Gasteiger charge is 2.30. The zero-order valence-electron chi connectivity index (χ0n) is 6.66.